The van der Waals surface area contributed by atoms with E-state index in [4.69, 9.17) is 0 Å². The maximum Gasteiger partial charge on any atom is 0.238 e. The molecule has 0 heterocycles. The molecule has 0 unspecified atom stereocenters. The maximum atomic E-state index is 13.2. The number of hydrogen-bond acceptors (Lipinski definition) is 3. The normalized spacial score (nSPS) is 13.4. The van der Waals surface area contributed by atoms with Gasteiger partial charge >= 0.3 is 0 Å². The summed E-state index contributed by atoms with van der Waals surface area (Å²) in [6.07, 6.45) is 2.34. The Labute approximate surface area is 164 Å². The van der Waals surface area contributed by atoms with Gasteiger partial charge in [0, 0.05) is 30.4 Å². The van der Waals surface area contributed by atoms with E-state index in [-0.39, 0.29) is 30.6 Å². The van der Waals surface area contributed by atoms with E-state index in [9.17, 15) is 14.0 Å². The molecule has 1 aliphatic carbocycles. The van der Waals surface area contributed by atoms with Crippen LogP contribution in [0.2, 0.25) is 0 Å². The highest BCUT2D eigenvalue weighted by Gasteiger charge is 2.30. The molecule has 0 saturated heterocycles. The van der Waals surface area contributed by atoms with Crippen LogP contribution >= 0.6 is 0 Å². The minimum atomic E-state index is -0.388. The van der Waals surface area contributed by atoms with Crippen molar-refractivity contribution in [1.82, 2.24) is 4.90 Å². The van der Waals surface area contributed by atoms with Gasteiger partial charge in [0.2, 0.25) is 11.8 Å². The lowest BCUT2D eigenvalue weighted by atomic mass is 10.1. The predicted octanol–water partition coefficient (Wildman–Crippen LogP) is 3.87. The first-order valence-electron chi connectivity index (χ1n) is 9.58. The molecule has 2 amide bonds. The molecule has 0 aromatic heterocycles. The van der Waals surface area contributed by atoms with Crippen LogP contribution in [0.3, 0.4) is 0 Å². The Balaban J connectivity index is 1.52. The van der Waals surface area contributed by atoms with E-state index in [1.165, 1.54) is 12.1 Å². The number of benzene rings is 2. The number of halogens is 1. The fourth-order valence-electron chi connectivity index (χ4n) is 3.24. The van der Waals surface area contributed by atoms with E-state index >= 15 is 0 Å². The minimum Gasteiger partial charge on any atom is -0.326 e. The van der Waals surface area contributed by atoms with Crippen molar-refractivity contribution >= 4 is 23.2 Å². The van der Waals surface area contributed by atoms with Gasteiger partial charge in [0.1, 0.15) is 5.82 Å². The number of nitrogens with zero attached hydrogens (tertiary/aromatic N) is 1. The highest BCUT2D eigenvalue weighted by Crippen LogP contribution is 2.27. The first kappa shape index (κ1) is 20.0. The second-order valence-electron chi connectivity index (χ2n) is 7.33. The molecule has 2 aromatic carbocycles. The maximum absolute atomic E-state index is 13.2. The second-order valence-corrected chi connectivity index (χ2v) is 7.33. The van der Waals surface area contributed by atoms with Gasteiger partial charge in [-0.25, -0.2) is 4.39 Å². The van der Waals surface area contributed by atoms with E-state index in [2.05, 4.69) is 10.6 Å². The van der Waals surface area contributed by atoms with Gasteiger partial charge in [-0.3, -0.25) is 14.5 Å². The van der Waals surface area contributed by atoms with Crippen LogP contribution in [0.25, 0.3) is 0 Å². The Kier molecular flexibility index (Phi) is 6.41. The number of amides is 2. The van der Waals surface area contributed by atoms with Crippen molar-refractivity contribution in [2.24, 2.45) is 0 Å². The SMILES string of the molecule is Cc1cccc(C)c1NC(=O)CN(CCC(=O)Nc1cccc(F)c1)C1CC1. The number of carbonyl (C=O) groups is 2. The molecule has 0 bridgehead atoms. The molecule has 6 heteroatoms. The molecule has 2 N–H and O–H groups in total. The minimum absolute atomic E-state index is 0.0742. The first-order valence-corrected chi connectivity index (χ1v) is 9.58. The molecule has 1 fully saturated rings. The van der Waals surface area contributed by atoms with Gasteiger partial charge in [-0.15, -0.1) is 0 Å². The smallest absolute Gasteiger partial charge is 0.238 e. The molecule has 0 aliphatic heterocycles. The molecule has 1 saturated carbocycles. The Hall–Kier alpha value is -2.73. The third-order valence-corrected chi connectivity index (χ3v) is 4.89. The molecule has 0 atom stereocenters. The zero-order chi connectivity index (χ0) is 20.1. The first-order chi connectivity index (χ1) is 13.4. The van der Waals surface area contributed by atoms with E-state index in [0.717, 1.165) is 29.7 Å². The molecule has 28 heavy (non-hydrogen) atoms. The van der Waals surface area contributed by atoms with Gasteiger partial charge in [-0.05, 0) is 56.0 Å². The summed E-state index contributed by atoms with van der Waals surface area (Å²) in [5.41, 5.74) is 3.35. The quantitative estimate of drug-likeness (QED) is 0.727. The van der Waals surface area contributed by atoms with Gasteiger partial charge < -0.3 is 10.6 Å². The number of rotatable bonds is 8. The van der Waals surface area contributed by atoms with Crippen LogP contribution in [0.4, 0.5) is 15.8 Å². The molecular formula is C22H26FN3O2. The summed E-state index contributed by atoms with van der Waals surface area (Å²) >= 11 is 0. The number of aryl methyl sites for hydroxylation is 2. The van der Waals surface area contributed by atoms with Gasteiger partial charge in [0.25, 0.3) is 0 Å². The summed E-state index contributed by atoms with van der Waals surface area (Å²) in [5.74, 6) is -0.651. The number of nitrogens with one attached hydrogen (secondary N) is 2. The molecule has 2 aromatic rings. The average molecular weight is 383 g/mol. The molecule has 5 nitrogen and oxygen atoms in total. The molecular weight excluding hydrogens is 357 g/mol. The van der Waals surface area contributed by atoms with Crippen LogP contribution in [-0.4, -0.2) is 35.8 Å². The van der Waals surface area contributed by atoms with Crippen molar-refractivity contribution < 1.29 is 14.0 Å². The van der Waals surface area contributed by atoms with Crippen LogP contribution in [0.15, 0.2) is 42.5 Å². The predicted molar refractivity (Wildman–Crippen MR) is 109 cm³/mol. The Bertz CT molecular complexity index is 844. The highest BCUT2D eigenvalue weighted by atomic mass is 19.1. The van der Waals surface area contributed by atoms with Crippen LogP contribution in [0.5, 0.6) is 0 Å². The van der Waals surface area contributed by atoms with Crippen LogP contribution in [0, 0.1) is 19.7 Å². The number of hydrogen-bond donors (Lipinski definition) is 2. The van der Waals surface area contributed by atoms with Crippen molar-refractivity contribution in [3.05, 3.63) is 59.4 Å². The van der Waals surface area contributed by atoms with Crippen molar-refractivity contribution in [1.29, 1.82) is 0 Å². The lowest BCUT2D eigenvalue weighted by Gasteiger charge is -2.22. The fourth-order valence-corrected chi connectivity index (χ4v) is 3.24. The summed E-state index contributed by atoms with van der Waals surface area (Å²) in [6.45, 7) is 4.69. The number of carbonyl (C=O) groups excluding carboxylic acids is 2. The molecule has 0 radical (unpaired) electrons. The lowest BCUT2D eigenvalue weighted by Crippen LogP contribution is -2.37. The lowest BCUT2D eigenvalue weighted by molar-refractivity contribution is -0.119. The van der Waals surface area contributed by atoms with Gasteiger partial charge in [-0.2, -0.15) is 0 Å². The van der Waals surface area contributed by atoms with Gasteiger partial charge in [0.05, 0.1) is 6.54 Å². The third-order valence-electron chi connectivity index (χ3n) is 4.89. The van der Waals surface area contributed by atoms with Crippen LogP contribution in [-0.2, 0) is 9.59 Å². The Morgan fingerprint density at radius 2 is 1.71 bits per heavy atom. The average Bonchev–Trinajstić information content (AvgIpc) is 3.47. The molecule has 0 spiro atoms. The zero-order valence-corrected chi connectivity index (χ0v) is 16.3. The fraction of sp³-hybridized carbons (Fsp3) is 0.364. The van der Waals surface area contributed by atoms with Crippen molar-refractivity contribution in [2.45, 2.75) is 39.2 Å². The van der Waals surface area contributed by atoms with Crippen LogP contribution in [0.1, 0.15) is 30.4 Å². The van der Waals surface area contributed by atoms with Crippen molar-refractivity contribution in [3.63, 3.8) is 0 Å². The third kappa shape index (κ3) is 5.63. The molecule has 3 rings (SSSR count). The standard InChI is InChI=1S/C22H26FN3O2/c1-15-5-3-6-16(2)22(15)25-21(28)14-26(19-9-10-19)12-11-20(27)24-18-8-4-7-17(23)13-18/h3-8,13,19H,9-12,14H2,1-2H3,(H,24,27)(H,25,28). The monoisotopic (exact) mass is 383 g/mol. The summed E-state index contributed by atoms with van der Waals surface area (Å²) in [6, 6.07) is 12.1. The van der Waals surface area contributed by atoms with Crippen molar-refractivity contribution in [3.8, 4) is 0 Å². The van der Waals surface area contributed by atoms with E-state index < -0.39 is 0 Å². The Morgan fingerprint density at radius 1 is 1.04 bits per heavy atom. The van der Waals surface area contributed by atoms with Crippen molar-refractivity contribution in [2.75, 3.05) is 23.7 Å². The molecule has 148 valence electrons. The topological polar surface area (TPSA) is 61.4 Å². The second kappa shape index (κ2) is 8.97. The summed E-state index contributed by atoms with van der Waals surface area (Å²) in [4.78, 5) is 26.8. The summed E-state index contributed by atoms with van der Waals surface area (Å²) < 4.78 is 13.2. The van der Waals surface area contributed by atoms with Gasteiger partial charge in [-0.1, -0.05) is 24.3 Å². The van der Waals surface area contributed by atoms with E-state index in [0.29, 0.717) is 18.3 Å². The Morgan fingerprint density at radius 3 is 2.36 bits per heavy atom. The highest BCUT2D eigenvalue weighted by molar-refractivity contribution is 5.94. The number of para-hydroxylation sites is 1. The zero-order valence-electron chi connectivity index (χ0n) is 16.3. The largest absolute Gasteiger partial charge is 0.326 e. The molecule has 1 aliphatic rings. The van der Waals surface area contributed by atoms with Gasteiger partial charge in [0.15, 0.2) is 0 Å². The van der Waals surface area contributed by atoms with Crippen LogP contribution < -0.4 is 10.6 Å². The van der Waals surface area contributed by atoms with E-state index in [1.54, 1.807) is 12.1 Å². The summed E-state index contributed by atoms with van der Waals surface area (Å²) in [5, 5.41) is 5.70. The summed E-state index contributed by atoms with van der Waals surface area (Å²) in [7, 11) is 0. The number of anilines is 2. The van der Waals surface area contributed by atoms with E-state index in [1.807, 2.05) is 36.9 Å².